The average Bonchev–Trinajstić information content (AvgIpc) is 3.08. The van der Waals surface area contributed by atoms with Gasteiger partial charge in [-0.15, -0.1) is 0 Å². The molecule has 0 saturated carbocycles. The summed E-state index contributed by atoms with van der Waals surface area (Å²) in [4.78, 5) is 45.0. The van der Waals surface area contributed by atoms with Gasteiger partial charge < -0.3 is 34.9 Å². The number of fused-ring (bicyclic) bond motifs is 1. The van der Waals surface area contributed by atoms with E-state index in [1.165, 1.54) is 25.3 Å². The Hall–Kier alpha value is -3.51. The van der Waals surface area contributed by atoms with Gasteiger partial charge in [-0.1, -0.05) is 45.4 Å². The third-order valence-electron chi connectivity index (χ3n) is 10.7. The first kappa shape index (κ1) is 36.8. The quantitative estimate of drug-likeness (QED) is 0.168. The van der Waals surface area contributed by atoms with E-state index in [4.69, 9.17) is 4.43 Å². The van der Waals surface area contributed by atoms with E-state index in [0.29, 0.717) is 51.0 Å². The summed E-state index contributed by atoms with van der Waals surface area (Å²) in [6, 6.07) is 14.6. The molecule has 2 aliphatic rings. The molecule has 266 valence electrons. The molecular weight excluding hydrogens is 635 g/mol. The highest BCUT2D eigenvalue weighted by molar-refractivity contribution is 6.74. The lowest BCUT2D eigenvalue weighted by Gasteiger charge is -2.39. The number of aromatic nitrogens is 1. The number of phenols is 1. The lowest BCUT2D eigenvalue weighted by Crippen LogP contribution is -2.43. The van der Waals surface area contributed by atoms with Crippen molar-refractivity contribution in [3.63, 3.8) is 0 Å². The Morgan fingerprint density at radius 2 is 1.67 bits per heavy atom. The Labute approximate surface area is 291 Å². The lowest BCUT2D eigenvalue weighted by atomic mass is 9.95. The zero-order valence-electron chi connectivity index (χ0n) is 29.9. The molecule has 3 heterocycles. The molecule has 49 heavy (non-hydrogen) atoms. The molecule has 4 N–H and O–H groups in total. The van der Waals surface area contributed by atoms with Crippen LogP contribution in [0.2, 0.25) is 18.1 Å². The lowest BCUT2D eigenvalue weighted by molar-refractivity contribution is -0.134. The van der Waals surface area contributed by atoms with Crippen LogP contribution in [0.3, 0.4) is 0 Å². The van der Waals surface area contributed by atoms with Crippen LogP contribution in [-0.4, -0.2) is 79.3 Å². The summed E-state index contributed by atoms with van der Waals surface area (Å²) in [5.74, 6) is 0.152. The zero-order chi connectivity index (χ0) is 35.2. The first-order valence-electron chi connectivity index (χ1n) is 17.9. The molecule has 2 amide bonds. The van der Waals surface area contributed by atoms with Gasteiger partial charge in [-0.05, 0) is 92.3 Å². The molecule has 0 radical (unpaired) electrons. The van der Waals surface area contributed by atoms with Gasteiger partial charge in [0.05, 0.1) is 11.6 Å². The second-order valence-corrected chi connectivity index (χ2v) is 20.0. The Morgan fingerprint density at radius 1 is 0.980 bits per heavy atom. The molecule has 2 fully saturated rings. The number of rotatable bonds is 12. The van der Waals surface area contributed by atoms with Crippen LogP contribution < -0.4 is 16.2 Å². The van der Waals surface area contributed by atoms with E-state index in [-0.39, 0.29) is 40.2 Å². The van der Waals surface area contributed by atoms with Gasteiger partial charge in [0.15, 0.2) is 8.32 Å². The third-order valence-corrected chi connectivity index (χ3v) is 15.2. The van der Waals surface area contributed by atoms with Crippen molar-refractivity contribution < 1.29 is 19.1 Å². The largest absolute Gasteiger partial charge is 0.506 e. The number of nitrogens with one attached hydrogen (secondary N) is 3. The van der Waals surface area contributed by atoms with E-state index in [0.717, 1.165) is 41.8 Å². The fourth-order valence-corrected chi connectivity index (χ4v) is 7.85. The van der Waals surface area contributed by atoms with E-state index < -0.39 is 8.32 Å². The number of carbonyl (C=O) groups excluding carboxylic acids is 2. The highest BCUT2D eigenvalue weighted by Gasteiger charge is 2.39. The van der Waals surface area contributed by atoms with E-state index in [9.17, 15) is 19.5 Å². The van der Waals surface area contributed by atoms with Gasteiger partial charge in [0, 0.05) is 62.2 Å². The van der Waals surface area contributed by atoms with Gasteiger partial charge in [-0.2, -0.15) is 0 Å². The van der Waals surface area contributed by atoms with Crippen molar-refractivity contribution >= 4 is 36.7 Å². The Morgan fingerprint density at radius 3 is 2.35 bits per heavy atom. The Kier molecular flexibility index (Phi) is 12.0. The van der Waals surface area contributed by atoms with Crippen LogP contribution in [0.5, 0.6) is 5.75 Å². The molecule has 2 saturated heterocycles. The summed E-state index contributed by atoms with van der Waals surface area (Å²) in [5, 5.41) is 17.9. The molecule has 0 unspecified atom stereocenters. The molecule has 0 bridgehead atoms. The fraction of sp³-hybridized carbons (Fsp3) is 0.553. The van der Waals surface area contributed by atoms with Crippen molar-refractivity contribution in [2.75, 3.05) is 44.6 Å². The molecule has 11 heteroatoms. The number of amides is 2. The summed E-state index contributed by atoms with van der Waals surface area (Å²) >= 11 is 0. The maximum atomic E-state index is 13.1. The second kappa shape index (κ2) is 16.0. The minimum atomic E-state index is -2.19. The number of hydrogen-bond donors (Lipinski definition) is 4. The van der Waals surface area contributed by atoms with E-state index >= 15 is 0 Å². The number of nitrogens with zero attached hydrogens (tertiary/aromatic N) is 2. The molecule has 2 aromatic carbocycles. The molecule has 0 spiro atoms. The number of carbonyl (C=O) groups is 2. The molecule has 1 aromatic heterocycles. The highest BCUT2D eigenvalue weighted by atomic mass is 28.4. The average molecular weight is 690 g/mol. The van der Waals surface area contributed by atoms with Crippen LogP contribution in [0.15, 0.2) is 53.3 Å². The highest BCUT2D eigenvalue weighted by Crippen LogP contribution is 2.41. The molecule has 1 atom stereocenters. The molecule has 2 aliphatic heterocycles. The maximum absolute atomic E-state index is 13.1. The number of benzene rings is 2. The topological polar surface area (TPSA) is 127 Å². The third kappa shape index (κ3) is 9.59. The number of H-pyrrole nitrogens is 1. The minimum absolute atomic E-state index is 0.00634. The number of phenolic OH excluding ortho intramolecular Hbond substituents is 1. The number of piperidine rings is 2. The summed E-state index contributed by atoms with van der Waals surface area (Å²) in [6.07, 6.45) is 5.40. The van der Waals surface area contributed by atoms with Gasteiger partial charge in [-0.25, -0.2) is 0 Å². The SMILES string of the molecule is CC(C)(C)[Si](C)(C)O[C@@H](CNCc1ccc(NC(=O)C2CCN(C(=O)CCN3CCCCC3)CC2)cc1)c1ccc(O)c2[nH]c(=O)ccc12. The summed E-state index contributed by atoms with van der Waals surface area (Å²) < 4.78 is 6.91. The summed E-state index contributed by atoms with van der Waals surface area (Å²) in [5.41, 5.74) is 2.88. The summed E-state index contributed by atoms with van der Waals surface area (Å²) in [6.45, 7) is 16.5. The summed E-state index contributed by atoms with van der Waals surface area (Å²) in [7, 11) is -2.19. The Bertz CT molecular complexity index is 1640. The van der Waals surface area contributed by atoms with Crippen LogP contribution in [0, 0.1) is 5.92 Å². The van der Waals surface area contributed by atoms with Gasteiger partial charge in [0.25, 0.3) is 0 Å². The van der Waals surface area contributed by atoms with Gasteiger partial charge >= 0.3 is 0 Å². The van der Waals surface area contributed by atoms with Crippen molar-refractivity contribution in [2.45, 2.75) is 90.1 Å². The van der Waals surface area contributed by atoms with Crippen molar-refractivity contribution in [2.24, 2.45) is 5.92 Å². The number of pyridine rings is 1. The first-order chi connectivity index (χ1) is 23.3. The van der Waals surface area contributed by atoms with Crippen molar-refractivity contribution in [1.29, 1.82) is 0 Å². The number of aromatic hydroxyl groups is 1. The second-order valence-electron chi connectivity index (χ2n) is 15.3. The minimum Gasteiger partial charge on any atom is -0.506 e. The van der Waals surface area contributed by atoms with Crippen LogP contribution in [0.25, 0.3) is 10.9 Å². The molecule has 3 aromatic rings. The van der Waals surface area contributed by atoms with E-state index in [1.807, 2.05) is 35.2 Å². The van der Waals surface area contributed by atoms with Crippen LogP contribution in [0.1, 0.15) is 76.5 Å². The predicted octanol–water partition coefficient (Wildman–Crippen LogP) is 6.14. The number of anilines is 1. The van der Waals surface area contributed by atoms with Crippen molar-refractivity contribution in [3.05, 3.63) is 70.0 Å². The molecule has 0 aliphatic carbocycles. The zero-order valence-corrected chi connectivity index (χ0v) is 30.9. The van der Waals surface area contributed by atoms with Gasteiger partial charge in [0.1, 0.15) is 5.75 Å². The van der Waals surface area contributed by atoms with E-state index in [2.05, 4.69) is 54.4 Å². The number of aromatic amines is 1. The predicted molar refractivity (Wildman–Crippen MR) is 198 cm³/mol. The monoisotopic (exact) mass is 689 g/mol. The number of likely N-dealkylation sites (tertiary alicyclic amines) is 2. The van der Waals surface area contributed by atoms with Crippen molar-refractivity contribution in [1.82, 2.24) is 20.1 Å². The van der Waals surface area contributed by atoms with Crippen LogP contribution in [0.4, 0.5) is 5.69 Å². The maximum Gasteiger partial charge on any atom is 0.248 e. The normalized spacial score (nSPS) is 17.3. The van der Waals surface area contributed by atoms with Crippen molar-refractivity contribution in [3.8, 4) is 5.75 Å². The molecular formula is C38H55N5O5Si. The van der Waals surface area contributed by atoms with Crippen LogP contribution in [-0.2, 0) is 20.6 Å². The number of hydrogen-bond acceptors (Lipinski definition) is 7. The first-order valence-corrected chi connectivity index (χ1v) is 20.8. The van der Waals surface area contributed by atoms with Gasteiger partial charge in [0.2, 0.25) is 17.4 Å². The Balaban J connectivity index is 1.13. The standard InChI is InChI=1S/C38H55N5O5Si/c1-38(2,3)49(4,5)48-33(30-13-15-32(44)36-31(30)14-16-34(45)41-36)26-39-25-27-9-11-29(12-10-27)40-37(47)28-17-23-43(24-18-28)35(46)19-22-42-20-7-6-8-21-42/h9-16,28,33,39,44H,6-8,17-26H2,1-5H3,(H,40,47)(H,41,45)/t33-/m0/s1. The van der Waals surface area contributed by atoms with Gasteiger partial charge in [-0.3, -0.25) is 14.4 Å². The fourth-order valence-electron chi connectivity index (χ4n) is 6.57. The van der Waals surface area contributed by atoms with E-state index in [1.54, 1.807) is 12.1 Å². The van der Waals surface area contributed by atoms with Crippen LogP contribution >= 0.6 is 0 Å². The molecule has 10 nitrogen and oxygen atoms in total. The molecule has 5 rings (SSSR count). The smallest absolute Gasteiger partial charge is 0.248 e.